The highest BCUT2D eigenvalue weighted by atomic mass is 19.1. The van der Waals surface area contributed by atoms with Gasteiger partial charge in [0.2, 0.25) is 5.91 Å². The lowest BCUT2D eigenvalue weighted by molar-refractivity contribution is -0.882. The molecule has 0 aliphatic rings. The number of rotatable bonds is 10. The van der Waals surface area contributed by atoms with Gasteiger partial charge in [-0.15, -0.1) is 0 Å². The fraction of sp³-hybridized carbons (Fsp3) is 0.348. The number of quaternary nitrogens is 1. The van der Waals surface area contributed by atoms with E-state index in [2.05, 4.69) is 10.6 Å². The van der Waals surface area contributed by atoms with Gasteiger partial charge >= 0.3 is 0 Å². The van der Waals surface area contributed by atoms with Crippen molar-refractivity contribution in [1.82, 2.24) is 4.90 Å². The molecule has 0 saturated carbocycles. The molecule has 0 fully saturated rings. The Hall–Kier alpha value is -3.26. The summed E-state index contributed by atoms with van der Waals surface area (Å²) in [4.78, 5) is 38.7. The lowest BCUT2D eigenvalue weighted by atomic mass is 10.2. The predicted octanol–water partition coefficient (Wildman–Crippen LogP) is 1.68. The van der Waals surface area contributed by atoms with Crippen molar-refractivity contribution in [2.24, 2.45) is 0 Å². The van der Waals surface area contributed by atoms with Crippen molar-refractivity contribution in [2.75, 3.05) is 36.8 Å². The maximum Gasteiger partial charge on any atom is 0.279 e. The van der Waals surface area contributed by atoms with E-state index in [9.17, 15) is 18.8 Å². The highest BCUT2D eigenvalue weighted by Crippen LogP contribution is 2.13. The molecule has 0 aromatic heterocycles. The van der Waals surface area contributed by atoms with Crippen LogP contribution >= 0.6 is 0 Å². The SMILES string of the molecule is CCN(Cc1cccc(F)c1)C(=O)C[NH+](CC)CC(=O)Nc1ccc(NC(C)=O)cc1. The van der Waals surface area contributed by atoms with Gasteiger partial charge in [0.1, 0.15) is 5.82 Å². The molecule has 7 nitrogen and oxygen atoms in total. The Balaban J connectivity index is 1.89. The summed E-state index contributed by atoms with van der Waals surface area (Å²) < 4.78 is 13.4. The van der Waals surface area contributed by atoms with Crippen LogP contribution in [-0.2, 0) is 20.9 Å². The van der Waals surface area contributed by atoms with Gasteiger partial charge in [-0.2, -0.15) is 0 Å². The number of anilines is 2. The van der Waals surface area contributed by atoms with E-state index in [-0.39, 0.29) is 36.6 Å². The van der Waals surface area contributed by atoms with Crippen LogP contribution in [0.15, 0.2) is 48.5 Å². The van der Waals surface area contributed by atoms with Gasteiger partial charge in [-0.1, -0.05) is 12.1 Å². The molecule has 0 spiro atoms. The van der Waals surface area contributed by atoms with Crippen LogP contribution in [0.5, 0.6) is 0 Å². The summed E-state index contributed by atoms with van der Waals surface area (Å²) in [6, 6.07) is 13.0. The number of likely N-dealkylation sites (N-methyl/N-ethyl adjacent to an activating group) is 2. The molecule has 166 valence electrons. The van der Waals surface area contributed by atoms with Gasteiger partial charge in [0.05, 0.1) is 6.54 Å². The van der Waals surface area contributed by atoms with Gasteiger partial charge in [0, 0.05) is 31.4 Å². The first-order valence-electron chi connectivity index (χ1n) is 10.3. The zero-order chi connectivity index (χ0) is 22.8. The Kier molecular flexibility index (Phi) is 9.14. The number of benzene rings is 2. The lowest BCUT2D eigenvalue weighted by Crippen LogP contribution is -3.13. The first-order valence-corrected chi connectivity index (χ1v) is 10.3. The van der Waals surface area contributed by atoms with E-state index in [1.54, 1.807) is 41.3 Å². The summed E-state index contributed by atoms with van der Waals surface area (Å²) >= 11 is 0. The largest absolute Gasteiger partial charge is 0.334 e. The average molecular weight is 430 g/mol. The summed E-state index contributed by atoms with van der Waals surface area (Å²) in [5, 5.41) is 5.48. The third-order valence-corrected chi connectivity index (χ3v) is 4.80. The van der Waals surface area contributed by atoms with E-state index in [0.29, 0.717) is 31.0 Å². The second kappa shape index (κ2) is 11.8. The maximum absolute atomic E-state index is 13.4. The van der Waals surface area contributed by atoms with Crippen LogP contribution < -0.4 is 15.5 Å². The summed E-state index contributed by atoms with van der Waals surface area (Å²) in [5.74, 6) is -0.785. The number of carbonyl (C=O) groups is 3. The van der Waals surface area contributed by atoms with E-state index in [1.165, 1.54) is 19.1 Å². The minimum absolute atomic E-state index is 0.0870. The van der Waals surface area contributed by atoms with E-state index in [4.69, 9.17) is 0 Å². The molecule has 3 N–H and O–H groups in total. The number of hydrogen-bond acceptors (Lipinski definition) is 3. The predicted molar refractivity (Wildman–Crippen MR) is 118 cm³/mol. The zero-order valence-corrected chi connectivity index (χ0v) is 18.2. The summed E-state index contributed by atoms with van der Waals surface area (Å²) in [7, 11) is 0. The van der Waals surface area contributed by atoms with Crippen molar-refractivity contribution in [3.63, 3.8) is 0 Å². The summed E-state index contributed by atoms with van der Waals surface area (Å²) in [6.07, 6.45) is 0. The Morgan fingerprint density at radius 3 is 2.16 bits per heavy atom. The Bertz CT molecular complexity index is 902. The Morgan fingerprint density at radius 2 is 1.61 bits per heavy atom. The van der Waals surface area contributed by atoms with E-state index in [0.717, 1.165) is 10.5 Å². The minimum Gasteiger partial charge on any atom is -0.334 e. The number of nitrogens with zero attached hydrogens (tertiary/aromatic N) is 1. The monoisotopic (exact) mass is 429 g/mol. The second-order valence-corrected chi connectivity index (χ2v) is 7.30. The van der Waals surface area contributed by atoms with Crippen molar-refractivity contribution in [3.05, 3.63) is 59.9 Å². The first kappa shape index (κ1) is 24.0. The number of amides is 3. The molecular formula is C23H30FN4O3+. The van der Waals surface area contributed by atoms with Crippen LogP contribution in [0.3, 0.4) is 0 Å². The van der Waals surface area contributed by atoms with Crippen molar-refractivity contribution >= 4 is 29.1 Å². The molecule has 8 heteroatoms. The Morgan fingerprint density at radius 1 is 0.968 bits per heavy atom. The highest BCUT2D eigenvalue weighted by Gasteiger charge is 2.21. The van der Waals surface area contributed by atoms with Gasteiger partial charge in [0.15, 0.2) is 13.1 Å². The molecule has 0 saturated heterocycles. The normalized spacial score (nSPS) is 11.5. The van der Waals surface area contributed by atoms with Gasteiger partial charge in [-0.05, 0) is 55.8 Å². The Labute approximate surface area is 182 Å². The fourth-order valence-corrected chi connectivity index (χ4v) is 3.14. The van der Waals surface area contributed by atoms with Gasteiger partial charge in [-0.25, -0.2) is 4.39 Å². The van der Waals surface area contributed by atoms with Crippen LogP contribution in [-0.4, -0.2) is 48.8 Å². The van der Waals surface area contributed by atoms with Gasteiger partial charge in [0.25, 0.3) is 11.8 Å². The molecule has 0 radical (unpaired) electrons. The molecule has 0 bridgehead atoms. The minimum atomic E-state index is -0.330. The molecular weight excluding hydrogens is 399 g/mol. The fourth-order valence-electron chi connectivity index (χ4n) is 3.14. The molecule has 0 heterocycles. The third-order valence-electron chi connectivity index (χ3n) is 4.80. The molecule has 2 rings (SSSR count). The van der Waals surface area contributed by atoms with Crippen LogP contribution in [0.2, 0.25) is 0 Å². The lowest BCUT2D eigenvalue weighted by Gasteiger charge is -2.24. The second-order valence-electron chi connectivity index (χ2n) is 7.30. The third kappa shape index (κ3) is 8.18. The maximum atomic E-state index is 13.4. The zero-order valence-electron chi connectivity index (χ0n) is 18.2. The standard InChI is InChI=1S/C23H29FN4O3/c1-4-27(15-22(30)26-21-11-9-20(10-12-21)25-17(3)29)16-23(31)28(5-2)14-18-7-6-8-19(24)13-18/h6-13H,4-5,14-16H2,1-3H3,(H,25,29)(H,26,30)/p+1. The first-order chi connectivity index (χ1) is 14.8. The topological polar surface area (TPSA) is 83.0 Å². The van der Waals surface area contributed by atoms with Crippen molar-refractivity contribution in [3.8, 4) is 0 Å². The molecule has 3 amide bonds. The number of nitrogens with one attached hydrogen (secondary N) is 3. The van der Waals surface area contributed by atoms with Crippen LogP contribution in [0.25, 0.3) is 0 Å². The number of carbonyl (C=O) groups excluding carboxylic acids is 3. The van der Waals surface area contributed by atoms with E-state index in [1.807, 2.05) is 13.8 Å². The molecule has 0 aliphatic carbocycles. The smallest absolute Gasteiger partial charge is 0.279 e. The number of hydrogen-bond donors (Lipinski definition) is 3. The van der Waals surface area contributed by atoms with Crippen molar-refractivity contribution in [1.29, 1.82) is 0 Å². The molecule has 31 heavy (non-hydrogen) atoms. The molecule has 1 atom stereocenters. The van der Waals surface area contributed by atoms with Gasteiger partial charge in [-0.3, -0.25) is 14.4 Å². The van der Waals surface area contributed by atoms with E-state index < -0.39 is 0 Å². The van der Waals surface area contributed by atoms with Crippen molar-refractivity contribution in [2.45, 2.75) is 27.3 Å². The van der Waals surface area contributed by atoms with Crippen LogP contribution in [0, 0.1) is 5.82 Å². The van der Waals surface area contributed by atoms with E-state index >= 15 is 0 Å². The average Bonchev–Trinajstić information content (AvgIpc) is 2.72. The quantitative estimate of drug-likeness (QED) is 0.537. The molecule has 0 aliphatic heterocycles. The molecule has 2 aromatic rings. The summed E-state index contributed by atoms with van der Waals surface area (Å²) in [5.41, 5.74) is 1.99. The number of halogens is 1. The highest BCUT2D eigenvalue weighted by molar-refractivity contribution is 5.92. The van der Waals surface area contributed by atoms with Crippen molar-refractivity contribution < 1.29 is 23.7 Å². The van der Waals surface area contributed by atoms with Crippen LogP contribution in [0.4, 0.5) is 15.8 Å². The van der Waals surface area contributed by atoms with Gasteiger partial charge < -0.3 is 20.4 Å². The molecule has 2 aromatic carbocycles. The van der Waals surface area contributed by atoms with Crippen LogP contribution in [0.1, 0.15) is 26.3 Å². The summed E-state index contributed by atoms with van der Waals surface area (Å²) in [6.45, 7) is 6.98. The molecule has 1 unspecified atom stereocenters.